The quantitative estimate of drug-likeness (QED) is 0.702. The molecule has 0 fully saturated rings. The van der Waals surface area contributed by atoms with Crippen molar-refractivity contribution < 1.29 is 13.2 Å². The highest BCUT2D eigenvalue weighted by Crippen LogP contribution is 2.31. The van der Waals surface area contributed by atoms with Crippen molar-refractivity contribution in [2.24, 2.45) is 0 Å². The number of ether oxygens (including phenoxy) is 1. The van der Waals surface area contributed by atoms with E-state index in [1.807, 2.05) is 31.2 Å². The Morgan fingerprint density at radius 1 is 0.957 bits per heavy atom. The lowest BCUT2D eigenvalue weighted by Gasteiger charge is -2.13. The van der Waals surface area contributed by atoms with Gasteiger partial charge in [0.25, 0.3) is 0 Å². The van der Waals surface area contributed by atoms with Crippen LogP contribution < -0.4 is 9.46 Å². The molecule has 23 heavy (non-hydrogen) atoms. The van der Waals surface area contributed by atoms with Gasteiger partial charge >= 0.3 is 0 Å². The van der Waals surface area contributed by atoms with Crippen molar-refractivity contribution in [2.75, 3.05) is 13.2 Å². The molecule has 0 unspecified atom stereocenters. The standard InChI is InChI=1S/C18H25NO3S/c1-3-5-8-14-22-17-11-12-18(23(20,21)19-13-4-2)16-10-7-6-9-15(16)17/h6-7,9-12,19H,3-5,8,13-14H2,1-2H3. The van der Waals surface area contributed by atoms with Crippen molar-refractivity contribution in [1.29, 1.82) is 0 Å². The lowest BCUT2D eigenvalue weighted by Crippen LogP contribution is -2.24. The molecule has 0 aliphatic heterocycles. The summed E-state index contributed by atoms with van der Waals surface area (Å²) < 4.78 is 33.4. The number of hydrogen-bond acceptors (Lipinski definition) is 3. The zero-order chi connectivity index (χ0) is 16.7. The summed E-state index contributed by atoms with van der Waals surface area (Å²) in [4.78, 5) is 0.308. The molecule has 0 aromatic heterocycles. The van der Waals surface area contributed by atoms with Crippen molar-refractivity contribution in [3.63, 3.8) is 0 Å². The fourth-order valence-corrected chi connectivity index (χ4v) is 3.80. The molecule has 4 nitrogen and oxygen atoms in total. The number of sulfonamides is 1. The summed E-state index contributed by atoms with van der Waals surface area (Å²) in [5.74, 6) is 0.742. The van der Waals surface area contributed by atoms with Crippen LogP contribution in [0.4, 0.5) is 0 Å². The molecule has 0 amide bonds. The van der Waals surface area contributed by atoms with Gasteiger partial charge in [0.2, 0.25) is 10.0 Å². The van der Waals surface area contributed by atoms with Gasteiger partial charge in [-0.25, -0.2) is 13.1 Å². The zero-order valence-electron chi connectivity index (χ0n) is 13.8. The van der Waals surface area contributed by atoms with Gasteiger partial charge in [-0.15, -0.1) is 0 Å². The molecule has 0 radical (unpaired) electrons. The Morgan fingerprint density at radius 3 is 2.39 bits per heavy atom. The van der Waals surface area contributed by atoms with E-state index in [9.17, 15) is 8.42 Å². The summed E-state index contributed by atoms with van der Waals surface area (Å²) in [6.45, 7) is 5.18. The fraction of sp³-hybridized carbons (Fsp3) is 0.444. The minimum Gasteiger partial charge on any atom is -0.493 e. The second-order valence-electron chi connectivity index (χ2n) is 5.56. The highest BCUT2D eigenvalue weighted by atomic mass is 32.2. The fourth-order valence-electron chi connectivity index (χ4n) is 2.45. The molecule has 5 heteroatoms. The molecule has 2 rings (SSSR count). The average Bonchev–Trinajstić information content (AvgIpc) is 2.56. The average molecular weight is 335 g/mol. The first-order valence-corrected chi connectivity index (χ1v) is 9.72. The SMILES string of the molecule is CCCCCOc1ccc(S(=O)(=O)NCCC)c2ccccc12. The van der Waals surface area contributed by atoms with Gasteiger partial charge in [0, 0.05) is 17.3 Å². The van der Waals surface area contributed by atoms with Gasteiger partial charge in [0.05, 0.1) is 11.5 Å². The van der Waals surface area contributed by atoms with Crippen LogP contribution in [-0.4, -0.2) is 21.6 Å². The normalized spacial score (nSPS) is 11.7. The van der Waals surface area contributed by atoms with Gasteiger partial charge in [-0.2, -0.15) is 0 Å². The molecule has 0 aliphatic rings. The largest absolute Gasteiger partial charge is 0.493 e. The van der Waals surface area contributed by atoms with E-state index in [1.165, 1.54) is 0 Å². The summed E-state index contributed by atoms with van der Waals surface area (Å²) in [6, 6.07) is 10.9. The van der Waals surface area contributed by atoms with E-state index in [2.05, 4.69) is 11.6 Å². The maximum absolute atomic E-state index is 12.5. The van der Waals surface area contributed by atoms with E-state index in [-0.39, 0.29) is 0 Å². The summed E-state index contributed by atoms with van der Waals surface area (Å²) in [5, 5.41) is 1.53. The van der Waals surface area contributed by atoms with E-state index in [1.54, 1.807) is 12.1 Å². The van der Waals surface area contributed by atoms with Crippen molar-refractivity contribution in [3.8, 4) is 5.75 Å². The molecule has 0 aliphatic carbocycles. The van der Waals surface area contributed by atoms with Crippen molar-refractivity contribution >= 4 is 20.8 Å². The number of fused-ring (bicyclic) bond motifs is 1. The summed E-state index contributed by atoms with van der Waals surface area (Å²) in [5.41, 5.74) is 0. The van der Waals surface area contributed by atoms with Gasteiger partial charge in [0.1, 0.15) is 5.75 Å². The Bertz CT molecular complexity index is 741. The Labute approximate surface area is 138 Å². The Hall–Kier alpha value is -1.59. The zero-order valence-corrected chi connectivity index (χ0v) is 14.7. The highest BCUT2D eigenvalue weighted by molar-refractivity contribution is 7.89. The molecule has 0 saturated heterocycles. The van der Waals surface area contributed by atoms with Crippen LogP contribution in [-0.2, 0) is 10.0 Å². The van der Waals surface area contributed by atoms with Crippen molar-refractivity contribution in [2.45, 2.75) is 44.4 Å². The molecular weight excluding hydrogens is 310 g/mol. The van der Waals surface area contributed by atoms with Crippen LogP contribution in [0.3, 0.4) is 0 Å². The first-order chi connectivity index (χ1) is 11.1. The van der Waals surface area contributed by atoms with E-state index in [0.717, 1.165) is 36.8 Å². The topological polar surface area (TPSA) is 55.4 Å². The number of benzene rings is 2. The first kappa shape index (κ1) is 17.8. The van der Waals surface area contributed by atoms with Crippen LogP contribution in [0, 0.1) is 0 Å². The molecule has 0 bridgehead atoms. The molecule has 1 N–H and O–H groups in total. The van der Waals surface area contributed by atoms with Crippen LogP contribution in [0.15, 0.2) is 41.3 Å². The molecule has 0 saturated carbocycles. The molecular formula is C18H25NO3S. The molecule has 0 heterocycles. The number of nitrogens with one attached hydrogen (secondary N) is 1. The van der Waals surface area contributed by atoms with E-state index >= 15 is 0 Å². The number of unbranched alkanes of at least 4 members (excludes halogenated alkanes) is 2. The predicted molar refractivity (Wildman–Crippen MR) is 94.4 cm³/mol. The Balaban J connectivity index is 2.35. The lowest BCUT2D eigenvalue weighted by molar-refractivity contribution is 0.309. The van der Waals surface area contributed by atoms with Gasteiger partial charge in [-0.1, -0.05) is 51.0 Å². The third-order valence-corrected chi connectivity index (χ3v) is 5.20. The van der Waals surface area contributed by atoms with Gasteiger partial charge in [0.15, 0.2) is 0 Å². The third-order valence-electron chi connectivity index (χ3n) is 3.68. The highest BCUT2D eigenvalue weighted by Gasteiger charge is 2.18. The second-order valence-corrected chi connectivity index (χ2v) is 7.30. The van der Waals surface area contributed by atoms with E-state index < -0.39 is 10.0 Å². The summed E-state index contributed by atoms with van der Waals surface area (Å²) in [7, 11) is -3.50. The van der Waals surface area contributed by atoms with Crippen LogP contribution in [0.5, 0.6) is 5.75 Å². The van der Waals surface area contributed by atoms with E-state index in [0.29, 0.717) is 23.4 Å². The van der Waals surface area contributed by atoms with Crippen molar-refractivity contribution in [1.82, 2.24) is 4.72 Å². The number of hydrogen-bond donors (Lipinski definition) is 1. The summed E-state index contributed by atoms with van der Waals surface area (Å²) >= 11 is 0. The smallest absolute Gasteiger partial charge is 0.241 e. The third kappa shape index (κ3) is 4.45. The molecule has 2 aromatic carbocycles. The maximum Gasteiger partial charge on any atom is 0.241 e. The summed E-state index contributed by atoms with van der Waals surface area (Å²) in [6.07, 6.45) is 4.04. The molecule has 2 aromatic rings. The minimum atomic E-state index is -3.50. The first-order valence-electron chi connectivity index (χ1n) is 8.24. The van der Waals surface area contributed by atoms with Crippen LogP contribution in [0.25, 0.3) is 10.8 Å². The van der Waals surface area contributed by atoms with Crippen LogP contribution in [0.2, 0.25) is 0 Å². The van der Waals surface area contributed by atoms with Crippen LogP contribution in [0.1, 0.15) is 39.5 Å². The monoisotopic (exact) mass is 335 g/mol. The van der Waals surface area contributed by atoms with Gasteiger partial charge in [-0.05, 0) is 25.0 Å². The molecule has 0 atom stereocenters. The lowest BCUT2D eigenvalue weighted by atomic mass is 10.1. The van der Waals surface area contributed by atoms with Crippen LogP contribution >= 0.6 is 0 Å². The van der Waals surface area contributed by atoms with Gasteiger partial charge in [-0.3, -0.25) is 0 Å². The predicted octanol–water partition coefficient (Wildman–Crippen LogP) is 4.10. The van der Waals surface area contributed by atoms with E-state index in [4.69, 9.17) is 4.74 Å². The van der Waals surface area contributed by atoms with Crippen molar-refractivity contribution in [3.05, 3.63) is 36.4 Å². The second kappa shape index (κ2) is 8.31. The maximum atomic E-state index is 12.5. The molecule has 126 valence electrons. The minimum absolute atomic E-state index is 0.308. The molecule has 0 spiro atoms. The number of rotatable bonds is 9. The Kier molecular flexibility index (Phi) is 6.42. The van der Waals surface area contributed by atoms with Gasteiger partial charge < -0.3 is 4.74 Å². The Morgan fingerprint density at radius 2 is 1.70 bits per heavy atom.